The summed E-state index contributed by atoms with van der Waals surface area (Å²) in [5.74, 6) is 0.572. The Morgan fingerprint density at radius 2 is 1.94 bits per heavy atom. The van der Waals surface area contributed by atoms with Gasteiger partial charge in [0.05, 0.1) is 23.2 Å². The highest BCUT2D eigenvalue weighted by atomic mass is 32.1. The predicted octanol–water partition coefficient (Wildman–Crippen LogP) is 4.11. The van der Waals surface area contributed by atoms with Crippen LogP contribution in [-0.4, -0.2) is 48.6 Å². The van der Waals surface area contributed by atoms with Crippen LogP contribution in [-0.2, 0) is 11.2 Å². The molecule has 1 aromatic carbocycles. The maximum absolute atomic E-state index is 13.6. The Kier molecular flexibility index (Phi) is 5.55. The van der Waals surface area contributed by atoms with Crippen molar-refractivity contribution in [2.24, 2.45) is 0 Å². The number of anilines is 2. The second-order valence-corrected chi connectivity index (χ2v) is 10.1. The number of para-hydroxylation sites is 1. The Morgan fingerprint density at radius 3 is 2.76 bits per heavy atom. The summed E-state index contributed by atoms with van der Waals surface area (Å²) < 4.78 is 5.43. The summed E-state index contributed by atoms with van der Waals surface area (Å²) in [6.45, 7) is 1.93. The number of benzene rings is 1. The van der Waals surface area contributed by atoms with Crippen molar-refractivity contribution in [2.75, 3.05) is 30.0 Å². The SMILES string of the molecule is O=C(NC1CC1)c1cc2c(s1)-c1ccccc1N(C(=O)c1cccc(N[C@@H]3CCOC3)n1)CC2. The van der Waals surface area contributed by atoms with Gasteiger partial charge in [-0.05, 0) is 55.5 Å². The topological polar surface area (TPSA) is 83.6 Å². The zero-order chi connectivity index (χ0) is 23.1. The number of amides is 2. The van der Waals surface area contributed by atoms with Crippen molar-refractivity contribution in [3.05, 3.63) is 64.7 Å². The monoisotopic (exact) mass is 474 g/mol. The minimum atomic E-state index is -0.124. The lowest BCUT2D eigenvalue weighted by atomic mass is 10.1. The Hall–Kier alpha value is -3.23. The molecule has 2 fully saturated rings. The lowest BCUT2D eigenvalue weighted by Gasteiger charge is -2.23. The van der Waals surface area contributed by atoms with Gasteiger partial charge < -0.3 is 20.3 Å². The molecule has 6 rings (SSSR count). The molecule has 3 aliphatic rings. The number of carbonyl (C=O) groups is 2. The first-order valence-corrected chi connectivity index (χ1v) is 12.6. The number of rotatable bonds is 5. The fraction of sp³-hybridized carbons (Fsp3) is 0.346. The minimum Gasteiger partial charge on any atom is -0.379 e. The summed E-state index contributed by atoms with van der Waals surface area (Å²) in [5, 5.41) is 6.46. The fourth-order valence-electron chi connectivity index (χ4n) is 4.53. The van der Waals surface area contributed by atoms with Crippen molar-refractivity contribution in [2.45, 2.75) is 37.8 Å². The van der Waals surface area contributed by atoms with E-state index in [1.54, 1.807) is 6.07 Å². The summed E-state index contributed by atoms with van der Waals surface area (Å²) in [6, 6.07) is 16.0. The number of aromatic nitrogens is 1. The van der Waals surface area contributed by atoms with Gasteiger partial charge in [-0.2, -0.15) is 0 Å². The van der Waals surface area contributed by atoms with E-state index in [2.05, 4.69) is 15.6 Å². The second-order valence-electron chi connectivity index (χ2n) is 9.05. The van der Waals surface area contributed by atoms with E-state index in [1.165, 1.54) is 11.3 Å². The number of thiophene rings is 1. The molecule has 2 N–H and O–H groups in total. The van der Waals surface area contributed by atoms with Crippen LogP contribution in [0.2, 0.25) is 0 Å². The third kappa shape index (κ3) is 4.19. The van der Waals surface area contributed by atoms with Crippen LogP contribution < -0.4 is 15.5 Å². The third-order valence-electron chi connectivity index (χ3n) is 6.48. The van der Waals surface area contributed by atoms with Gasteiger partial charge in [-0.15, -0.1) is 11.3 Å². The maximum atomic E-state index is 13.6. The van der Waals surface area contributed by atoms with E-state index in [0.29, 0.717) is 37.1 Å². The quantitative estimate of drug-likeness (QED) is 0.582. The molecule has 8 heteroatoms. The van der Waals surface area contributed by atoms with Gasteiger partial charge in [0.25, 0.3) is 11.8 Å². The molecule has 1 saturated heterocycles. The number of nitrogens with one attached hydrogen (secondary N) is 2. The lowest BCUT2D eigenvalue weighted by Crippen LogP contribution is -2.33. The molecule has 3 aromatic rings. The number of pyridine rings is 1. The summed E-state index contributed by atoms with van der Waals surface area (Å²) in [4.78, 5) is 34.5. The van der Waals surface area contributed by atoms with Gasteiger partial charge >= 0.3 is 0 Å². The Labute approximate surface area is 202 Å². The zero-order valence-electron chi connectivity index (χ0n) is 18.8. The number of nitrogens with zero attached hydrogens (tertiary/aromatic N) is 2. The molecule has 0 radical (unpaired) electrons. The molecule has 0 unspecified atom stereocenters. The van der Waals surface area contributed by atoms with E-state index in [9.17, 15) is 9.59 Å². The number of hydrogen-bond acceptors (Lipinski definition) is 6. The average molecular weight is 475 g/mol. The number of carbonyl (C=O) groups excluding carboxylic acids is 2. The van der Waals surface area contributed by atoms with Crippen LogP contribution in [0.15, 0.2) is 48.5 Å². The van der Waals surface area contributed by atoms with Crippen LogP contribution in [0.5, 0.6) is 0 Å². The molecular formula is C26H26N4O3S. The molecule has 7 nitrogen and oxygen atoms in total. The smallest absolute Gasteiger partial charge is 0.276 e. The summed E-state index contributed by atoms with van der Waals surface area (Å²) >= 11 is 1.51. The molecule has 1 saturated carbocycles. The van der Waals surface area contributed by atoms with Crippen LogP contribution in [0.4, 0.5) is 11.5 Å². The molecule has 0 spiro atoms. The number of hydrogen-bond donors (Lipinski definition) is 2. The van der Waals surface area contributed by atoms with Gasteiger partial charge in [0.2, 0.25) is 0 Å². The Balaban J connectivity index is 1.29. The van der Waals surface area contributed by atoms with Crippen LogP contribution in [0.1, 0.15) is 45.0 Å². The third-order valence-corrected chi connectivity index (χ3v) is 7.69. The molecule has 4 heterocycles. The minimum absolute atomic E-state index is 0.00663. The molecule has 1 atom stereocenters. The van der Waals surface area contributed by atoms with E-state index in [4.69, 9.17) is 4.74 Å². The van der Waals surface area contributed by atoms with Crippen LogP contribution in [0.25, 0.3) is 10.4 Å². The first-order valence-electron chi connectivity index (χ1n) is 11.8. The van der Waals surface area contributed by atoms with E-state index >= 15 is 0 Å². The molecule has 1 aliphatic carbocycles. The highest BCUT2D eigenvalue weighted by Crippen LogP contribution is 2.42. The standard InChI is InChI=1S/C26H26N4O3S/c31-25(28-17-8-9-17)22-14-16-10-12-30(21-6-2-1-4-19(21)24(16)34-22)26(32)20-5-3-7-23(29-20)27-18-11-13-33-15-18/h1-7,14,17-18H,8-13,15H2,(H,27,29)(H,28,31)/t18-/m1/s1. The molecule has 34 heavy (non-hydrogen) atoms. The van der Waals surface area contributed by atoms with Gasteiger partial charge in [-0.25, -0.2) is 4.98 Å². The van der Waals surface area contributed by atoms with Crippen molar-refractivity contribution < 1.29 is 14.3 Å². The summed E-state index contributed by atoms with van der Waals surface area (Å²) in [7, 11) is 0. The number of fused-ring (bicyclic) bond motifs is 3. The lowest BCUT2D eigenvalue weighted by molar-refractivity contribution is 0.0952. The summed E-state index contributed by atoms with van der Waals surface area (Å²) in [6.07, 6.45) is 3.74. The fourth-order valence-corrected chi connectivity index (χ4v) is 5.68. The molecule has 2 aliphatic heterocycles. The Morgan fingerprint density at radius 1 is 1.06 bits per heavy atom. The van der Waals surface area contributed by atoms with E-state index in [1.807, 2.05) is 47.4 Å². The normalized spacial score (nSPS) is 19.2. The van der Waals surface area contributed by atoms with Crippen molar-refractivity contribution in [3.63, 3.8) is 0 Å². The van der Waals surface area contributed by atoms with Crippen molar-refractivity contribution in [1.29, 1.82) is 0 Å². The van der Waals surface area contributed by atoms with Crippen LogP contribution in [0.3, 0.4) is 0 Å². The van der Waals surface area contributed by atoms with Crippen molar-refractivity contribution in [3.8, 4) is 10.4 Å². The van der Waals surface area contributed by atoms with Gasteiger partial charge in [0, 0.05) is 29.6 Å². The van der Waals surface area contributed by atoms with E-state index in [0.717, 1.165) is 52.4 Å². The largest absolute Gasteiger partial charge is 0.379 e. The van der Waals surface area contributed by atoms with Crippen LogP contribution >= 0.6 is 11.3 Å². The second kappa shape index (κ2) is 8.85. The first-order chi connectivity index (χ1) is 16.7. The zero-order valence-corrected chi connectivity index (χ0v) is 19.6. The molecular weight excluding hydrogens is 448 g/mol. The Bertz CT molecular complexity index is 1250. The molecule has 174 valence electrons. The molecule has 0 bridgehead atoms. The van der Waals surface area contributed by atoms with Gasteiger partial charge in [0.15, 0.2) is 0 Å². The van der Waals surface area contributed by atoms with Crippen molar-refractivity contribution in [1.82, 2.24) is 10.3 Å². The summed E-state index contributed by atoms with van der Waals surface area (Å²) in [5.41, 5.74) is 3.36. The predicted molar refractivity (Wildman–Crippen MR) is 133 cm³/mol. The first kappa shape index (κ1) is 21.3. The van der Waals surface area contributed by atoms with Gasteiger partial charge in [-0.1, -0.05) is 24.3 Å². The van der Waals surface area contributed by atoms with Gasteiger partial charge in [0.1, 0.15) is 11.5 Å². The maximum Gasteiger partial charge on any atom is 0.276 e. The average Bonchev–Trinajstić information content (AvgIpc) is 3.37. The van der Waals surface area contributed by atoms with E-state index < -0.39 is 0 Å². The number of ether oxygens (including phenoxy) is 1. The van der Waals surface area contributed by atoms with E-state index in [-0.39, 0.29) is 17.9 Å². The van der Waals surface area contributed by atoms with Gasteiger partial charge in [-0.3, -0.25) is 9.59 Å². The molecule has 2 amide bonds. The molecule has 2 aromatic heterocycles. The van der Waals surface area contributed by atoms with Crippen molar-refractivity contribution >= 4 is 34.7 Å². The van der Waals surface area contributed by atoms with Crippen LogP contribution in [0, 0.1) is 0 Å². The highest BCUT2D eigenvalue weighted by Gasteiger charge is 2.30. The highest BCUT2D eigenvalue weighted by molar-refractivity contribution is 7.17.